The molecule has 0 saturated heterocycles. The number of rotatable bonds is 42. The number of carboxylic acids is 9. The molecule has 0 aliphatic heterocycles. The Labute approximate surface area is 444 Å². The Bertz CT molecular complexity index is 2280. The summed E-state index contributed by atoms with van der Waals surface area (Å²) in [5.41, 5.74) is 5.45. The van der Waals surface area contributed by atoms with Gasteiger partial charge in [-0.05, 0) is 51.4 Å². The molecule has 0 radical (unpaired) electrons. The van der Waals surface area contributed by atoms with Crippen LogP contribution in [0.4, 0.5) is 0 Å². The average Bonchev–Trinajstić information content (AvgIpc) is 3.34. The summed E-state index contributed by atoms with van der Waals surface area (Å²) in [6.07, 6.45) is -13.5. The quantitative estimate of drug-likeness (QED) is 0.0270. The van der Waals surface area contributed by atoms with Gasteiger partial charge in [-0.15, -0.1) is 0 Å². The molecule has 9 atom stereocenters. The Morgan fingerprint density at radius 3 is 0.532 bits per heavy atom. The van der Waals surface area contributed by atoms with E-state index >= 15 is 0 Å². The van der Waals surface area contributed by atoms with E-state index < -0.39 is 265 Å². The number of carbonyl (C=O) groups excluding carboxylic acids is 8. The van der Waals surface area contributed by atoms with Gasteiger partial charge in [-0.25, -0.2) is 4.79 Å². The molecule has 0 saturated carbocycles. The Morgan fingerprint density at radius 2 is 0.392 bits per heavy atom. The molecule has 0 heterocycles. The highest BCUT2D eigenvalue weighted by atomic mass is 16.4. The zero-order valence-electron chi connectivity index (χ0n) is 41.7. The highest BCUT2D eigenvalue weighted by Gasteiger charge is 2.36. The number of nitrogens with two attached hydrogens (primary N) is 1. The molecule has 36 heteroatoms. The summed E-state index contributed by atoms with van der Waals surface area (Å²) < 4.78 is 0. The van der Waals surface area contributed by atoms with Crippen LogP contribution in [0.5, 0.6) is 0 Å². The van der Waals surface area contributed by atoms with E-state index in [9.17, 15) is 122 Å². The summed E-state index contributed by atoms with van der Waals surface area (Å²) >= 11 is 0. The summed E-state index contributed by atoms with van der Waals surface area (Å²) in [6.45, 7) is -0.939. The third-order valence-electron chi connectivity index (χ3n) is 10.8. The van der Waals surface area contributed by atoms with Gasteiger partial charge in [0.05, 0.1) is 6.61 Å². The van der Waals surface area contributed by atoms with Gasteiger partial charge < -0.3 is 99.3 Å². The van der Waals surface area contributed by atoms with Crippen LogP contribution < -0.4 is 48.3 Å². The Kier molecular flexibility index (Phi) is 31.9. The molecule has 0 aromatic rings. The second kappa shape index (κ2) is 36.0. The van der Waals surface area contributed by atoms with Crippen LogP contribution in [0.2, 0.25) is 0 Å². The summed E-state index contributed by atoms with van der Waals surface area (Å²) in [5, 5.41) is 109. The topological polar surface area (TPSA) is 615 Å². The van der Waals surface area contributed by atoms with Crippen LogP contribution in [0.3, 0.4) is 0 Å². The monoisotopic (exact) mass is 1140 g/mol. The predicted molar refractivity (Wildman–Crippen MR) is 253 cm³/mol. The van der Waals surface area contributed by atoms with E-state index in [1.54, 1.807) is 0 Å². The second-order valence-corrected chi connectivity index (χ2v) is 17.1. The largest absolute Gasteiger partial charge is 0.481 e. The summed E-state index contributed by atoms with van der Waals surface area (Å²) in [7, 11) is 0. The number of nitrogens with one attached hydrogen (secondary N) is 8. The van der Waals surface area contributed by atoms with Crippen molar-refractivity contribution in [2.24, 2.45) is 5.73 Å². The fourth-order valence-corrected chi connectivity index (χ4v) is 6.55. The maximum absolute atomic E-state index is 13.9. The van der Waals surface area contributed by atoms with Crippen LogP contribution in [0, 0.1) is 0 Å². The van der Waals surface area contributed by atoms with Crippen molar-refractivity contribution in [3.05, 3.63) is 0 Å². The molecule has 0 fully saturated rings. The van der Waals surface area contributed by atoms with Gasteiger partial charge in [0.2, 0.25) is 47.3 Å². The number of carboxylic acid groups (broad SMARTS) is 9. The third-order valence-corrected chi connectivity index (χ3v) is 10.8. The lowest BCUT2D eigenvalue weighted by Gasteiger charge is -2.28. The highest BCUT2D eigenvalue weighted by molar-refractivity contribution is 5.99. The van der Waals surface area contributed by atoms with Gasteiger partial charge in [0.1, 0.15) is 54.4 Å². The van der Waals surface area contributed by atoms with E-state index in [0.29, 0.717) is 0 Å². The van der Waals surface area contributed by atoms with Gasteiger partial charge in [-0.3, -0.25) is 76.7 Å². The number of aliphatic carboxylic acids is 9. The van der Waals surface area contributed by atoms with Crippen molar-refractivity contribution >= 4 is 101 Å². The molecule has 0 spiro atoms. The number of hydrogen-bond acceptors (Lipinski definition) is 19. The minimum Gasteiger partial charge on any atom is -0.481 e. The van der Waals surface area contributed by atoms with E-state index in [0.717, 1.165) is 0 Å². The lowest BCUT2D eigenvalue weighted by atomic mass is 10.0. The van der Waals surface area contributed by atoms with Crippen LogP contribution >= 0.6 is 0 Å². The van der Waals surface area contributed by atoms with Crippen LogP contribution in [0.1, 0.15) is 103 Å². The molecule has 0 aromatic carbocycles. The summed E-state index contributed by atoms with van der Waals surface area (Å²) in [5.74, 6) is -25.4. The molecule has 0 unspecified atom stereocenters. The van der Waals surface area contributed by atoms with Crippen LogP contribution in [0.25, 0.3) is 0 Å². The molecule has 36 nitrogen and oxygen atoms in total. The van der Waals surface area contributed by atoms with Crippen LogP contribution in [0.15, 0.2) is 0 Å². The lowest BCUT2D eigenvalue weighted by molar-refractivity contribution is -0.144. The normalized spacial score (nSPS) is 14.2. The SMILES string of the molecule is N[C@@H](CO)C(=O)N[C@@H](CCC(=O)O)C(=O)N[C@@H](CCC(=O)O)C(=O)N[C@@H](CCC(=O)O)C(=O)N[C@@H](CCC(=O)O)C(=O)N[C@@H](CCC(=O)O)C(=O)N[C@@H](CCC(=O)O)C(=O)N[C@@H](CCC(=O)O)C(=O)N[C@@H](CCC(=O)O)C(=O)O. The first-order valence-corrected chi connectivity index (χ1v) is 23.5. The van der Waals surface area contributed by atoms with E-state index in [1.807, 2.05) is 26.6 Å². The Hall–Kier alpha value is -9.09. The first kappa shape index (κ1) is 69.9. The van der Waals surface area contributed by atoms with Crippen molar-refractivity contribution in [2.45, 2.75) is 157 Å². The van der Waals surface area contributed by atoms with Crippen molar-refractivity contribution in [1.82, 2.24) is 42.5 Å². The van der Waals surface area contributed by atoms with E-state index in [4.69, 9.17) is 15.9 Å². The molecule has 0 aromatic heterocycles. The first-order valence-electron chi connectivity index (χ1n) is 23.5. The summed E-state index contributed by atoms with van der Waals surface area (Å²) in [6, 6.07) is -17.6. The fourth-order valence-electron chi connectivity index (χ4n) is 6.55. The van der Waals surface area contributed by atoms with Gasteiger partial charge in [-0.1, -0.05) is 0 Å². The number of hydrogen-bond donors (Lipinski definition) is 19. The number of aliphatic hydroxyl groups is 1. The van der Waals surface area contributed by atoms with Gasteiger partial charge >= 0.3 is 53.7 Å². The average molecular weight is 1140 g/mol. The zero-order chi connectivity index (χ0) is 60.7. The zero-order valence-corrected chi connectivity index (χ0v) is 41.7. The second-order valence-electron chi connectivity index (χ2n) is 17.1. The molecule has 20 N–H and O–H groups in total. The maximum Gasteiger partial charge on any atom is 0.326 e. The maximum atomic E-state index is 13.9. The van der Waals surface area contributed by atoms with Gasteiger partial charge in [0.15, 0.2) is 0 Å². The van der Waals surface area contributed by atoms with Gasteiger partial charge in [0.25, 0.3) is 0 Å². The third kappa shape index (κ3) is 30.3. The van der Waals surface area contributed by atoms with E-state index in [1.165, 1.54) is 0 Å². The smallest absolute Gasteiger partial charge is 0.326 e. The van der Waals surface area contributed by atoms with Crippen molar-refractivity contribution in [2.75, 3.05) is 6.61 Å². The molecule has 8 amide bonds. The molecule has 0 rings (SSSR count). The van der Waals surface area contributed by atoms with Crippen molar-refractivity contribution in [1.29, 1.82) is 0 Å². The van der Waals surface area contributed by atoms with Crippen LogP contribution in [-0.4, -0.2) is 213 Å². The number of amides is 8. The number of aliphatic hydroxyl groups excluding tert-OH is 1. The van der Waals surface area contributed by atoms with Gasteiger partial charge in [-0.2, -0.15) is 0 Å². The summed E-state index contributed by atoms with van der Waals surface area (Å²) in [4.78, 5) is 211. The predicted octanol–water partition coefficient (Wildman–Crippen LogP) is -6.81. The standard InChI is InChI=1S/C43H63N9O27/c44-18(17-53)35(70)45-19(1-9-27(54)55)36(71)46-20(2-10-28(56)57)37(72)47-21(3-11-29(58)59)38(73)48-22(4-12-30(60)61)39(74)49-23(5-13-31(62)63)40(75)50-24(6-14-32(64)65)41(76)51-25(7-15-33(66)67)42(77)52-26(43(78)79)8-16-34(68)69/h18-26,53H,1-17,44H2,(H,45,70)(H,46,71)(H,47,72)(H,48,73)(H,49,74)(H,50,75)(H,51,76)(H,52,77)(H,54,55)(H,56,57)(H,58,59)(H,60,61)(H,62,63)(H,64,65)(H,66,67)(H,68,69)(H,78,79)/t18-,19-,20-,21-,22-,23-,24-,25-,26-/m0/s1. The molecular formula is C43H63N9O27. The molecule has 0 aliphatic carbocycles. The molecule has 79 heavy (non-hydrogen) atoms. The minimum atomic E-state index is -2.11. The van der Waals surface area contributed by atoms with Gasteiger partial charge in [0, 0.05) is 51.4 Å². The molecule has 0 aliphatic rings. The highest BCUT2D eigenvalue weighted by Crippen LogP contribution is 2.11. The number of carbonyl (C=O) groups is 17. The fraction of sp³-hybridized carbons (Fsp3) is 0.605. The molecular weight excluding hydrogens is 1070 g/mol. The van der Waals surface area contributed by atoms with E-state index in [-0.39, 0.29) is 0 Å². The van der Waals surface area contributed by atoms with Crippen molar-refractivity contribution in [3.63, 3.8) is 0 Å². The Balaban J connectivity index is 7.08. The van der Waals surface area contributed by atoms with Crippen LogP contribution in [-0.2, 0) is 81.5 Å². The molecule has 442 valence electrons. The molecule has 0 bridgehead atoms. The minimum absolute atomic E-state index is 0.657. The van der Waals surface area contributed by atoms with Crippen molar-refractivity contribution in [3.8, 4) is 0 Å². The first-order chi connectivity index (χ1) is 36.8. The van der Waals surface area contributed by atoms with E-state index in [2.05, 4.69) is 16.0 Å². The Morgan fingerprint density at radius 1 is 0.253 bits per heavy atom. The van der Waals surface area contributed by atoms with Crippen molar-refractivity contribution < 1.29 is 133 Å². The lowest BCUT2D eigenvalue weighted by Crippen LogP contribution is -2.60.